The van der Waals surface area contributed by atoms with Crippen molar-refractivity contribution in [2.75, 3.05) is 13.1 Å². The second-order valence-corrected chi connectivity index (χ2v) is 7.70. The Morgan fingerprint density at radius 3 is 2.70 bits per heavy atom. The summed E-state index contributed by atoms with van der Waals surface area (Å²) in [4.78, 5) is 24.4. The van der Waals surface area contributed by atoms with Crippen LogP contribution in [0.25, 0.3) is 0 Å². The first-order chi connectivity index (χ1) is 10.8. The third-order valence-electron chi connectivity index (χ3n) is 4.76. The molecule has 2 atom stereocenters. The molecule has 3 rings (SSSR count). The number of carbonyl (C=O) groups excluding carboxylic acids is 1. The van der Waals surface area contributed by atoms with Gasteiger partial charge in [-0.1, -0.05) is 12.1 Å². The molecule has 126 valence electrons. The van der Waals surface area contributed by atoms with Crippen molar-refractivity contribution >= 4 is 11.6 Å². The van der Waals surface area contributed by atoms with Crippen LogP contribution in [0.15, 0.2) is 17.7 Å². The lowest BCUT2D eigenvalue weighted by atomic mass is 9.88. The van der Waals surface area contributed by atoms with E-state index in [0.717, 1.165) is 18.7 Å². The second-order valence-electron chi connectivity index (χ2n) is 7.70. The lowest BCUT2D eigenvalue weighted by Crippen LogP contribution is -2.30. The molecule has 0 aromatic carbocycles. The summed E-state index contributed by atoms with van der Waals surface area (Å²) in [5.74, 6) is 0.688. The number of imidazole rings is 1. The third-order valence-corrected chi connectivity index (χ3v) is 4.76. The summed E-state index contributed by atoms with van der Waals surface area (Å²) in [7, 11) is 0. The van der Waals surface area contributed by atoms with Crippen molar-refractivity contribution in [1.82, 2.24) is 14.5 Å². The van der Waals surface area contributed by atoms with Crippen LogP contribution >= 0.6 is 0 Å². The van der Waals surface area contributed by atoms with Crippen LogP contribution in [0, 0.1) is 11.8 Å². The van der Waals surface area contributed by atoms with Crippen LogP contribution in [-0.2, 0) is 4.84 Å². The molecule has 1 aromatic rings. The molecular formula is C17H26N4O2. The topological polar surface area (TPSA) is 59.7 Å². The normalized spacial score (nSPS) is 26.5. The van der Waals surface area contributed by atoms with E-state index >= 15 is 0 Å². The van der Waals surface area contributed by atoms with Gasteiger partial charge in [0.2, 0.25) is 0 Å². The molecule has 2 aliphatic rings. The molecule has 2 aliphatic heterocycles. The van der Waals surface area contributed by atoms with Gasteiger partial charge in [-0.25, -0.2) is 4.98 Å². The van der Waals surface area contributed by atoms with Crippen LogP contribution in [0.1, 0.15) is 57.6 Å². The summed E-state index contributed by atoms with van der Waals surface area (Å²) in [6, 6.07) is 0.307. The number of hydrogen-bond donors (Lipinski definition) is 0. The zero-order valence-corrected chi connectivity index (χ0v) is 14.6. The van der Waals surface area contributed by atoms with Gasteiger partial charge in [-0.3, -0.25) is 4.79 Å². The monoisotopic (exact) mass is 318 g/mol. The minimum atomic E-state index is -0.220. The number of likely N-dealkylation sites (tertiary alicyclic amines) is 1. The van der Waals surface area contributed by atoms with Crippen molar-refractivity contribution < 1.29 is 9.63 Å². The van der Waals surface area contributed by atoms with Gasteiger partial charge in [-0.15, -0.1) is 0 Å². The fourth-order valence-corrected chi connectivity index (χ4v) is 3.34. The van der Waals surface area contributed by atoms with E-state index in [1.165, 1.54) is 0 Å². The van der Waals surface area contributed by atoms with Gasteiger partial charge < -0.3 is 14.3 Å². The molecular weight excluding hydrogens is 292 g/mol. The maximum atomic E-state index is 12.7. The third kappa shape index (κ3) is 3.12. The SMILES string of the molecule is CC(C)n1cnc(C(=O)N2C[C@H](C)[C@H](C3=NOC(C)(C)C3)C2)c1. The minimum Gasteiger partial charge on any atom is -0.389 e. The smallest absolute Gasteiger partial charge is 0.274 e. The Morgan fingerprint density at radius 2 is 2.13 bits per heavy atom. The van der Waals surface area contributed by atoms with Crippen LogP contribution in [0.2, 0.25) is 0 Å². The largest absolute Gasteiger partial charge is 0.389 e. The molecule has 0 saturated carbocycles. The highest BCUT2D eigenvalue weighted by molar-refractivity contribution is 5.94. The number of rotatable bonds is 3. The second kappa shape index (κ2) is 5.65. The molecule has 1 saturated heterocycles. The Balaban J connectivity index is 1.69. The number of carbonyl (C=O) groups is 1. The highest BCUT2D eigenvalue weighted by Gasteiger charge is 2.41. The molecule has 1 fully saturated rings. The fraction of sp³-hybridized carbons (Fsp3) is 0.706. The number of nitrogens with zero attached hydrogens (tertiary/aromatic N) is 4. The molecule has 0 radical (unpaired) electrons. The van der Waals surface area contributed by atoms with E-state index in [0.29, 0.717) is 24.2 Å². The lowest BCUT2D eigenvalue weighted by molar-refractivity contribution is 0.0123. The zero-order valence-electron chi connectivity index (χ0n) is 14.6. The molecule has 23 heavy (non-hydrogen) atoms. The van der Waals surface area contributed by atoms with E-state index < -0.39 is 0 Å². The lowest BCUT2D eigenvalue weighted by Gasteiger charge is -2.16. The number of aromatic nitrogens is 2. The van der Waals surface area contributed by atoms with Crippen molar-refractivity contribution in [2.45, 2.75) is 52.7 Å². The quantitative estimate of drug-likeness (QED) is 0.861. The maximum absolute atomic E-state index is 12.7. The summed E-state index contributed by atoms with van der Waals surface area (Å²) in [6.45, 7) is 11.9. The van der Waals surface area contributed by atoms with Gasteiger partial charge >= 0.3 is 0 Å². The Labute approximate surface area is 137 Å². The van der Waals surface area contributed by atoms with Crippen LogP contribution < -0.4 is 0 Å². The molecule has 0 bridgehead atoms. The maximum Gasteiger partial charge on any atom is 0.274 e. The first-order valence-electron chi connectivity index (χ1n) is 8.34. The summed E-state index contributed by atoms with van der Waals surface area (Å²) < 4.78 is 1.96. The predicted molar refractivity (Wildman–Crippen MR) is 88.4 cm³/mol. The van der Waals surface area contributed by atoms with Crippen LogP contribution in [0.4, 0.5) is 0 Å². The molecule has 6 nitrogen and oxygen atoms in total. The number of hydrogen-bond acceptors (Lipinski definition) is 4. The molecule has 0 aliphatic carbocycles. The first kappa shape index (κ1) is 16.0. The Kier molecular flexibility index (Phi) is 3.94. The van der Waals surface area contributed by atoms with Crippen LogP contribution in [0.3, 0.4) is 0 Å². The van der Waals surface area contributed by atoms with Gasteiger partial charge in [-0.05, 0) is 33.6 Å². The van der Waals surface area contributed by atoms with Crippen LogP contribution in [-0.4, -0.2) is 44.8 Å². The van der Waals surface area contributed by atoms with E-state index in [1.807, 2.05) is 29.5 Å². The number of oxime groups is 1. The van der Waals surface area contributed by atoms with Crippen LogP contribution in [0.5, 0.6) is 0 Å². The van der Waals surface area contributed by atoms with Crippen molar-refractivity contribution in [3.8, 4) is 0 Å². The molecule has 6 heteroatoms. The molecule has 0 N–H and O–H groups in total. The standard InChI is InChI=1S/C17H26N4O2/c1-11(2)21-9-15(18-10-21)16(22)20-7-12(3)13(8-20)14-6-17(4,5)23-19-14/h9-13H,6-8H2,1-5H3/t12-,13+/m0/s1. The zero-order chi connectivity index (χ0) is 16.8. The number of amides is 1. The van der Waals surface area contributed by atoms with E-state index in [4.69, 9.17) is 4.84 Å². The van der Waals surface area contributed by atoms with Crippen molar-refractivity contribution in [3.05, 3.63) is 18.2 Å². The molecule has 3 heterocycles. The van der Waals surface area contributed by atoms with Crippen molar-refractivity contribution in [3.63, 3.8) is 0 Å². The minimum absolute atomic E-state index is 0.0116. The summed E-state index contributed by atoms with van der Waals surface area (Å²) in [6.07, 6.45) is 4.41. The van der Waals surface area contributed by atoms with Gasteiger partial charge in [0.25, 0.3) is 5.91 Å². The Hall–Kier alpha value is -1.85. The van der Waals surface area contributed by atoms with E-state index in [9.17, 15) is 4.79 Å². The Bertz CT molecular complexity index is 632. The van der Waals surface area contributed by atoms with Gasteiger partial charge in [0.15, 0.2) is 0 Å². The highest BCUT2D eigenvalue weighted by Crippen LogP contribution is 2.33. The van der Waals surface area contributed by atoms with E-state index in [1.54, 1.807) is 6.33 Å². The van der Waals surface area contributed by atoms with Gasteiger partial charge in [0.1, 0.15) is 11.3 Å². The highest BCUT2D eigenvalue weighted by atomic mass is 16.7. The van der Waals surface area contributed by atoms with Crippen molar-refractivity contribution in [1.29, 1.82) is 0 Å². The molecule has 1 amide bonds. The van der Waals surface area contributed by atoms with E-state index in [-0.39, 0.29) is 17.4 Å². The molecule has 1 aromatic heterocycles. The van der Waals surface area contributed by atoms with Gasteiger partial charge in [0, 0.05) is 37.7 Å². The van der Waals surface area contributed by atoms with Gasteiger partial charge in [0.05, 0.1) is 12.0 Å². The van der Waals surface area contributed by atoms with E-state index in [2.05, 4.69) is 30.9 Å². The molecule has 0 unspecified atom stereocenters. The average molecular weight is 318 g/mol. The summed E-state index contributed by atoms with van der Waals surface area (Å²) >= 11 is 0. The average Bonchev–Trinajstić information content (AvgIpc) is 3.16. The van der Waals surface area contributed by atoms with Gasteiger partial charge in [-0.2, -0.15) is 0 Å². The fourth-order valence-electron chi connectivity index (χ4n) is 3.34. The Morgan fingerprint density at radius 1 is 1.39 bits per heavy atom. The van der Waals surface area contributed by atoms with Crippen molar-refractivity contribution in [2.24, 2.45) is 17.0 Å². The predicted octanol–water partition coefficient (Wildman–Crippen LogP) is 2.73. The first-order valence-corrected chi connectivity index (χ1v) is 8.34. The summed E-state index contributed by atoms with van der Waals surface area (Å²) in [5.41, 5.74) is 1.39. The molecule has 0 spiro atoms. The summed E-state index contributed by atoms with van der Waals surface area (Å²) in [5, 5.41) is 4.27.